The van der Waals surface area contributed by atoms with E-state index in [1.165, 1.54) is 0 Å². The molecule has 13 heavy (non-hydrogen) atoms. The lowest BCUT2D eigenvalue weighted by Gasteiger charge is -2.04. The van der Waals surface area contributed by atoms with E-state index >= 15 is 0 Å². The third-order valence-electron chi connectivity index (χ3n) is 1.69. The van der Waals surface area contributed by atoms with Crippen LogP contribution in [0.3, 0.4) is 0 Å². The van der Waals surface area contributed by atoms with Crippen LogP contribution in [-0.2, 0) is 0 Å². The number of hydrogen-bond donors (Lipinski definition) is 0. The molecule has 0 atom stereocenters. The molecule has 0 aliphatic carbocycles. The van der Waals surface area contributed by atoms with Crippen molar-refractivity contribution in [2.75, 3.05) is 0 Å². The zero-order chi connectivity index (χ0) is 9.26. The first-order valence-corrected chi connectivity index (χ1v) is 4.88. The van der Waals surface area contributed by atoms with Gasteiger partial charge in [-0.25, -0.2) is 4.98 Å². The molecule has 2 rings (SSSR count). The largest absolute Gasteiger partial charge is 0.305 e. The molecule has 1 heterocycles. The van der Waals surface area contributed by atoms with Crippen molar-refractivity contribution in [2.45, 2.75) is 0 Å². The van der Waals surface area contributed by atoms with Gasteiger partial charge in [0, 0.05) is 21.9 Å². The molecule has 0 saturated carbocycles. The standard InChI is InChI=1S/C9H6BrClN2/c10-8-5-7(11)1-2-9(8)13-4-3-12-6-13/h1-6H. The molecule has 0 amide bonds. The van der Waals surface area contributed by atoms with Crippen LogP contribution < -0.4 is 0 Å². The molecule has 4 heteroatoms. The summed E-state index contributed by atoms with van der Waals surface area (Å²) in [5, 5.41) is 0.718. The third kappa shape index (κ3) is 1.76. The van der Waals surface area contributed by atoms with Crippen molar-refractivity contribution in [2.24, 2.45) is 0 Å². The summed E-state index contributed by atoms with van der Waals surface area (Å²) in [6.07, 6.45) is 5.36. The molecule has 66 valence electrons. The van der Waals surface area contributed by atoms with E-state index in [4.69, 9.17) is 11.6 Å². The number of nitrogens with zero attached hydrogens (tertiary/aromatic N) is 2. The highest BCUT2D eigenvalue weighted by molar-refractivity contribution is 9.10. The minimum Gasteiger partial charge on any atom is -0.305 e. The van der Waals surface area contributed by atoms with Gasteiger partial charge < -0.3 is 4.57 Å². The molecule has 1 aromatic carbocycles. The number of aromatic nitrogens is 2. The van der Waals surface area contributed by atoms with Gasteiger partial charge in [0.1, 0.15) is 0 Å². The molecule has 2 nitrogen and oxygen atoms in total. The average molecular weight is 258 g/mol. The fourth-order valence-electron chi connectivity index (χ4n) is 1.09. The summed E-state index contributed by atoms with van der Waals surface area (Å²) in [5.74, 6) is 0. The van der Waals surface area contributed by atoms with Crippen LogP contribution in [0.4, 0.5) is 0 Å². The van der Waals surface area contributed by atoms with Crippen molar-refractivity contribution >= 4 is 27.5 Å². The number of hydrogen-bond acceptors (Lipinski definition) is 1. The molecule has 0 radical (unpaired) electrons. The van der Waals surface area contributed by atoms with Crippen LogP contribution in [-0.4, -0.2) is 9.55 Å². The van der Waals surface area contributed by atoms with Crippen LogP contribution in [0.15, 0.2) is 41.4 Å². The van der Waals surface area contributed by atoms with Gasteiger partial charge in [0.25, 0.3) is 0 Å². The SMILES string of the molecule is Clc1ccc(-n2ccnc2)c(Br)c1. The first kappa shape index (κ1) is 8.78. The Morgan fingerprint density at radius 2 is 2.23 bits per heavy atom. The maximum Gasteiger partial charge on any atom is 0.0992 e. The maximum atomic E-state index is 5.82. The van der Waals surface area contributed by atoms with E-state index in [9.17, 15) is 0 Å². The lowest BCUT2D eigenvalue weighted by molar-refractivity contribution is 1.05. The predicted molar refractivity (Wildman–Crippen MR) is 56.3 cm³/mol. The summed E-state index contributed by atoms with van der Waals surface area (Å²) in [7, 11) is 0. The summed E-state index contributed by atoms with van der Waals surface area (Å²) in [6.45, 7) is 0. The maximum absolute atomic E-state index is 5.82. The predicted octanol–water partition coefficient (Wildman–Crippen LogP) is 3.29. The second-order valence-corrected chi connectivity index (χ2v) is 3.86. The molecule has 0 spiro atoms. The molecule has 0 aliphatic rings. The van der Waals surface area contributed by atoms with Gasteiger partial charge in [-0.05, 0) is 34.1 Å². The lowest BCUT2D eigenvalue weighted by Crippen LogP contribution is -1.90. The summed E-state index contributed by atoms with van der Waals surface area (Å²) < 4.78 is 2.87. The lowest BCUT2D eigenvalue weighted by atomic mass is 10.3. The van der Waals surface area contributed by atoms with E-state index in [2.05, 4.69) is 20.9 Å². The van der Waals surface area contributed by atoms with Gasteiger partial charge in [0.05, 0.1) is 12.0 Å². The fraction of sp³-hybridized carbons (Fsp3) is 0. The summed E-state index contributed by atoms with van der Waals surface area (Å²) in [5.41, 5.74) is 1.03. The van der Waals surface area contributed by atoms with E-state index in [0.29, 0.717) is 0 Å². The van der Waals surface area contributed by atoms with Gasteiger partial charge in [-0.1, -0.05) is 11.6 Å². The topological polar surface area (TPSA) is 17.8 Å². The quantitative estimate of drug-likeness (QED) is 0.766. The normalized spacial score (nSPS) is 10.3. The Hall–Kier alpha value is -0.800. The van der Waals surface area contributed by atoms with Crippen LogP contribution in [0.1, 0.15) is 0 Å². The van der Waals surface area contributed by atoms with Crippen molar-refractivity contribution < 1.29 is 0 Å². The number of imidazole rings is 1. The third-order valence-corrected chi connectivity index (χ3v) is 2.56. The van der Waals surface area contributed by atoms with Gasteiger partial charge in [-0.3, -0.25) is 0 Å². The monoisotopic (exact) mass is 256 g/mol. The molecular formula is C9H6BrClN2. The highest BCUT2D eigenvalue weighted by atomic mass is 79.9. The minimum absolute atomic E-state index is 0.718. The second-order valence-electron chi connectivity index (χ2n) is 2.57. The summed E-state index contributed by atoms with van der Waals surface area (Å²) >= 11 is 9.26. The molecule has 0 fully saturated rings. The molecule has 1 aromatic heterocycles. The van der Waals surface area contributed by atoms with E-state index in [1.54, 1.807) is 12.5 Å². The molecule has 0 aliphatic heterocycles. The highest BCUT2D eigenvalue weighted by Gasteiger charge is 2.01. The molecule has 0 saturated heterocycles. The van der Waals surface area contributed by atoms with Gasteiger partial charge in [-0.15, -0.1) is 0 Å². The van der Waals surface area contributed by atoms with Crippen LogP contribution in [0.2, 0.25) is 5.02 Å². The zero-order valence-electron chi connectivity index (χ0n) is 6.61. The molecule has 0 unspecified atom stereocenters. The van der Waals surface area contributed by atoms with Crippen LogP contribution in [0.5, 0.6) is 0 Å². The van der Waals surface area contributed by atoms with Crippen LogP contribution >= 0.6 is 27.5 Å². The van der Waals surface area contributed by atoms with Crippen molar-refractivity contribution in [3.63, 3.8) is 0 Å². The first-order valence-electron chi connectivity index (χ1n) is 3.71. The van der Waals surface area contributed by atoms with Crippen LogP contribution in [0.25, 0.3) is 5.69 Å². The Morgan fingerprint density at radius 1 is 1.38 bits per heavy atom. The Kier molecular flexibility index (Phi) is 2.38. The summed E-state index contributed by atoms with van der Waals surface area (Å²) in [4.78, 5) is 3.97. The Balaban J connectivity index is 2.53. The van der Waals surface area contributed by atoms with Gasteiger partial charge >= 0.3 is 0 Å². The fourth-order valence-corrected chi connectivity index (χ4v) is 1.98. The number of benzene rings is 1. The van der Waals surface area contributed by atoms with Crippen molar-refractivity contribution in [1.29, 1.82) is 0 Å². The number of rotatable bonds is 1. The molecular weight excluding hydrogens is 251 g/mol. The van der Waals surface area contributed by atoms with Crippen molar-refractivity contribution in [1.82, 2.24) is 9.55 Å². The van der Waals surface area contributed by atoms with E-state index in [0.717, 1.165) is 15.2 Å². The van der Waals surface area contributed by atoms with E-state index in [1.807, 2.05) is 29.0 Å². The minimum atomic E-state index is 0.718. The average Bonchev–Trinajstić information content (AvgIpc) is 2.56. The first-order chi connectivity index (χ1) is 6.27. The zero-order valence-corrected chi connectivity index (χ0v) is 8.96. The smallest absolute Gasteiger partial charge is 0.0992 e. The molecule has 0 bridgehead atoms. The molecule has 2 aromatic rings. The van der Waals surface area contributed by atoms with Gasteiger partial charge in [-0.2, -0.15) is 0 Å². The Labute approximate surface area is 89.3 Å². The number of halogens is 2. The van der Waals surface area contributed by atoms with Gasteiger partial charge in [0.2, 0.25) is 0 Å². The Bertz CT molecular complexity index is 412. The van der Waals surface area contributed by atoms with Crippen molar-refractivity contribution in [3.8, 4) is 5.69 Å². The van der Waals surface area contributed by atoms with Crippen LogP contribution in [0, 0.1) is 0 Å². The van der Waals surface area contributed by atoms with E-state index in [-0.39, 0.29) is 0 Å². The van der Waals surface area contributed by atoms with Gasteiger partial charge in [0.15, 0.2) is 0 Å². The summed E-state index contributed by atoms with van der Waals surface area (Å²) in [6, 6.07) is 5.65. The van der Waals surface area contributed by atoms with Crippen molar-refractivity contribution in [3.05, 3.63) is 46.4 Å². The molecule has 0 N–H and O–H groups in total. The highest BCUT2D eigenvalue weighted by Crippen LogP contribution is 2.24. The van der Waals surface area contributed by atoms with E-state index < -0.39 is 0 Å². The Morgan fingerprint density at radius 3 is 2.85 bits per heavy atom. The second kappa shape index (κ2) is 3.52.